The lowest BCUT2D eigenvalue weighted by Crippen LogP contribution is -2.39. The third kappa shape index (κ3) is 2.28. The number of hydrogen-bond acceptors (Lipinski definition) is 2. The van der Waals surface area contributed by atoms with Crippen molar-refractivity contribution in [2.45, 2.75) is 6.92 Å². The normalized spacial score (nSPS) is 17.1. The van der Waals surface area contributed by atoms with E-state index in [1.807, 2.05) is 0 Å². The van der Waals surface area contributed by atoms with Gasteiger partial charge in [-0.05, 0) is 30.7 Å². The van der Waals surface area contributed by atoms with Crippen LogP contribution < -0.4 is 10.2 Å². The fourth-order valence-electron chi connectivity index (χ4n) is 1.68. The zero-order chi connectivity index (χ0) is 9.97. The van der Waals surface area contributed by atoms with Crippen molar-refractivity contribution >= 4 is 21.6 Å². The molecule has 1 fully saturated rings. The zero-order valence-corrected chi connectivity index (χ0v) is 9.84. The third-order valence-corrected chi connectivity index (χ3v) is 2.80. The van der Waals surface area contributed by atoms with Gasteiger partial charge in [-0.25, -0.2) is 0 Å². The van der Waals surface area contributed by atoms with Gasteiger partial charge in [0.1, 0.15) is 0 Å². The second kappa shape index (κ2) is 4.32. The van der Waals surface area contributed by atoms with Crippen LogP contribution in [0.3, 0.4) is 0 Å². The molecule has 3 heteroatoms. The predicted octanol–water partition coefficient (Wildman–Crippen LogP) is 2.33. The van der Waals surface area contributed by atoms with Crippen LogP contribution >= 0.6 is 15.9 Å². The molecule has 1 heterocycles. The summed E-state index contributed by atoms with van der Waals surface area (Å²) < 4.78 is 1.15. The first-order valence-corrected chi connectivity index (χ1v) is 5.63. The fourth-order valence-corrected chi connectivity index (χ4v) is 2.28. The van der Waals surface area contributed by atoms with E-state index in [-0.39, 0.29) is 0 Å². The Hall–Kier alpha value is -0.540. The number of hydrogen-bond donors (Lipinski definition) is 1. The van der Waals surface area contributed by atoms with Crippen LogP contribution in [0, 0.1) is 13.5 Å². The van der Waals surface area contributed by atoms with Crippen molar-refractivity contribution in [2.75, 3.05) is 24.5 Å². The number of nitrogens with one attached hydrogen (secondary N) is 1. The first-order valence-electron chi connectivity index (χ1n) is 4.83. The Kier molecular flexibility index (Phi) is 3.08. The molecule has 0 aromatic heterocycles. The average molecular weight is 254 g/mol. The summed E-state index contributed by atoms with van der Waals surface area (Å²) in [5, 5.41) is 3.30. The van der Waals surface area contributed by atoms with E-state index >= 15 is 0 Å². The van der Waals surface area contributed by atoms with Crippen molar-refractivity contribution < 1.29 is 0 Å². The molecule has 1 saturated heterocycles. The maximum atomic E-state index is 3.52. The lowest BCUT2D eigenvalue weighted by atomic mass is 10.2. The van der Waals surface area contributed by atoms with Crippen LogP contribution in [0.5, 0.6) is 0 Å². The molecule has 0 saturated carbocycles. The first kappa shape index (κ1) is 9.99. The summed E-state index contributed by atoms with van der Waals surface area (Å²) in [6.07, 6.45) is 0. The van der Waals surface area contributed by atoms with Crippen molar-refractivity contribution in [3.63, 3.8) is 0 Å². The second-order valence-electron chi connectivity index (χ2n) is 3.57. The molecule has 2 rings (SSSR count). The van der Waals surface area contributed by atoms with E-state index < -0.39 is 0 Å². The van der Waals surface area contributed by atoms with Gasteiger partial charge in [0.25, 0.3) is 0 Å². The van der Waals surface area contributed by atoms with E-state index in [1.54, 1.807) is 0 Å². The summed E-state index contributed by atoms with van der Waals surface area (Å²) in [4.78, 5) is 2.30. The minimum Gasteiger partial charge on any atom is -0.364 e. The van der Waals surface area contributed by atoms with Gasteiger partial charge in [-0.1, -0.05) is 15.9 Å². The molecule has 0 aliphatic carbocycles. The van der Waals surface area contributed by atoms with Crippen LogP contribution in [0.2, 0.25) is 0 Å². The molecule has 14 heavy (non-hydrogen) atoms. The molecule has 1 aromatic rings. The standard InChI is InChI=1S/C11H14BrN2/c1-9-6-10(12)8-11(7-9)14-4-2-13-3-5-14/h4,6-8,13H,2-3,5H2,1H3. The monoisotopic (exact) mass is 253 g/mol. The van der Waals surface area contributed by atoms with Crippen LogP contribution in [0.1, 0.15) is 5.56 Å². The van der Waals surface area contributed by atoms with E-state index in [0.717, 1.165) is 24.1 Å². The van der Waals surface area contributed by atoms with Crippen molar-refractivity contribution in [2.24, 2.45) is 0 Å². The van der Waals surface area contributed by atoms with Crippen LogP contribution in [0.25, 0.3) is 0 Å². The largest absolute Gasteiger partial charge is 0.364 e. The van der Waals surface area contributed by atoms with E-state index in [0.29, 0.717) is 0 Å². The topological polar surface area (TPSA) is 15.3 Å². The maximum absolute atomic E-state index is 3.52. The van der Waals surface area contributed by atoms with E-state index in [4.69, 9.17) is 0 Å². The smallest absolute Gasteiger partial charge is 0.0630 e. The molecule has 75 valence electrons. The SMILES string of the molecule is Cc1cc(Br)cc(N2[CH]CNCC2)c1. The van der Waals surface area contributed by atoms with Gasteiger partial charge in [-0.3, -0.25) is 0 Å². The van der Waals surface area contributed by atoms with Crippen LogP contribution in [0.15, 0.2) is 22.7 Å². The number of piperazine rings is 1. The third-order valence-electron chi connectivity index (χ3n) is 2.34. The highest BCUT2D eigenvalue weighted by Crippen LogP contribution is 2.23. The quantitative estimate of drug-likeness (QED) is 0.827. The predicted molar refractivity (Wildman–Crippen MR) is 63.4 cm³/mol. The lowest BCUT2D eigenvalue weighted by molar-refractivity contribution is 0.640. The first-order chi connectivity index (χ1) is 6.75. The van der Waals surface area contributed by atoms with Crippen LogP contribution in [-0.2, 0) is 0 Å². The van der Waals surface area contributed by atoms with Gasteiger partial charge >= 0.3 is 0 Å². The number of rotatable bonds is 1. The van der Waals surface area contributed by atoms with Gasteiger partial charge in [-0.2, -0.15) is 0 Å². The molecule has 0 unspecified atom stereocenters. The minimum absolute atomic E-state index is 0.964. The molecular formula is C11H14BrN2. The van der Waals surface area contributed by atoms with Crippen molar-refractivity contribution in [3.05, 3.63) is 34.8 Å². The highest BCUT2D eigenvalue weighted by Gasteiger charge is 2.11. The Morgan fingerprint density at radius 3 is 2.86 bits per heavy atom. The summed E-state index contributed by atoms with van der Waals surface area (Å²) in [6, 6.07) is 6.51. The van der Waals surface area contributed by atoms with E-state index in [9.17, 15) is 0 Å². The molecule has 1 aromatic carbocycles. The number of halogens is 1. The van der Waals surface area contributed by atoms with E-state index in [1.165, 1.54) is 11.3 Å². The number of nitrogens with zero attached hydrogens (tertiary/aromatic N) is 1. The Morgan fingerprint density at radius 2 is 2.21 bits per heavy atom. The molecule has 1 N–H and O–H groups in total. The molecular weight excluding hydrogens is 240 g/mol. The molecule has 1 aliphatic rings. The molecule has 0 spiro atoms. The van der Waals surface area contributed by atoms with Gasteiger partial charge < -0.3 is 10.2 Å². The summed E-state index contributed by atoms with van der Waals surface area (Å²) in [5.41, 5.74) is 2.57. The molecule has 0 atom stereocenters. The highest BCUT2D eigenvalue weighted by molar-refractivity contribution is 9.10. The molecule has 1 aliphatic heterocycles. The van der Waals surface area contributed by atoms with Crippen LogP contribution in [-0.4, -0.2) is 19.6 Å². The Bertz CT molecular complexity index is 299. The van der Waals surface area contributed by atoms with Gasteiger partial charge in [-0.15, -0.1) is 0 Å². The number of benzene rings is 1. The van der Waals surface area contributed by atoms with Crippen LogP contribution in [0.4, 0.5) is 5.69 Å². The molecule has 1 radical (unpaired) electrons. The second-order valence-corrected chi connectivity index (χ2v) is 4.48. The summed E-state index contributed by atoms with van der Waals surface area (Å²) in [6.45, 7) is 7.39. The van der Waals surface area contributed by atoms with E-state index in [2.05, 4.69) is 57.8 Å². The maximum Gasteiger partial charge on any atom is 0.0630 e. The van der Waals surface area contributed by atoms with Crippen molar-refractivity contribution in [1.29, 1.82) is 0 Å². The Labute approximate surface area is 93.4 Å². The van der Waals surface area contributed by atoms with Gasteiger partial charge in [0, 0.05) is 29.8 Å². The summed E-state index contributed by atoms with van der Waals surface area (Å²) in [5.74, 6) is 0. The average Bonchev–Trinajstić information content (AvgIpc) is 2.18. The molecule has 2 nitrogen and oxygen atoms in total. The summed E-state index contributed by atoms with van der Waals surface area (Å²) in [7, 11) is 0. The highest BCUT2D eigenvalue weighted by atomic mass is 79.9. The Morgan fingerprint density at radius 1 is 1.36 bits per heavy atom. The summed E-state index contributed by atoms with van der Waals surface area (Å²) >= 11 is 3.52. The van der Waals surface area contributed by atoms with Gasteiger partial charge in [0.2, 0.25) is 0 Å². The Balaban J connectivity index is 2.21. The fraction of sp³-hybridized carbons (Fsp3) is 0.364. The molecule has 0 bridgehead atoms. The van der Waals surface area contributed by atoms with Crippen molar-refractivity contribution in [3.8, 4) is 0 Å². The van der Waals surface area contributed by atoms with Gasteiger partial charge in [0.05, 0.1) is 6.54 Å². The number of aryl methyl sites for hydroxylation is 1. The lowest BCUT2D eigenvalue weighted by Gasteiger charge is -2.29. The van der Waals surface area contributed by atoms with Gasteiger partial charge in [0.15, 0.2) is 0 Å². The zero-order valence-electron chi connectivity index (χ0n) is 8.26. The molecule has 0 amide bonds. The number of anilines is 1. The van der Waals surface area contributed by atoms with Crippen molar-refractivity contribution in [1.82, 2.24) is 5.32 Å². The minimum atomic E-state index is 0.964.